The van der Waals surface area contributed by atoms with Crippen molar-refractivity contribution in [2.24, 2.45) is 0 Å². The predicted octanol–water partition coefficient (Wildman–Crippen LogP) is 9.58. The largest absolute Gasteiger partial charge is 0.490 e. The zero-order valence-corrected chi connectivity index (χ0v) is 28.9. The van der Waals surface area contributed by atoms with Gasteiger partial charge in [0.15, 0.2) is 0 Å². The van der Waals surface area contributed by atoms with E-state index in [-0.39, 0.29) is 26.4 Å². The number of aryl methyl sites for hydroxylation is 2. The number of hydrogen-bond donors (Lipinski definition) is 0. The average molecular weight is 680 g/mol. The maximum absolute atomic E-state index is 11.3. The van der Waals surface area contributed by atoms with Crippen molar-refractivity contribution in [2.45, 2.75) is 13.8 Å². The summed E-state index contributed by atoms with van der Waals surface area (Å²) in [6, 6.07) is 41.2. The first-order valence-electron chi connectivity index (χ1n) is 16.6. The number of hydrogen-bond acceptors (Lipinski definition) is 7. The second kappa shape index (κ2) is 17.9. The van der Waals surface area contributed by atoms with E-state index >= 15 is 0 Å². The highest BCUT2D eigenvalue weighted by molar-refractivity contribution is 5.92. The SMILES string of the molecule is C=CC(=O)OCCOc1ccc(C(=Cc2ccc(N(c3ccc(C)cc3)c3ccc(C)cc3)cc2)c2ccc(OCCOC(=O)C=C)cc2)cc1. The molecule has 258 valence electrons. The van der Waals surface area contributed by atoms with Crippen LogP contribution in [0.5, 0.6) is 11.5 Å². The highest BCUT2D eigenvalue weighted by Crippen LogP contribution is 2.36. The molecule has 0 spiro atoms. The molecule has 51 heavy (non-hydrogen) atoms. The zero-order valence-electron chi connectivity index (χ0n) is 28.9. The van der Waals surface area contributed by atoms with Crippen molar-refractivity contribution >= 4 is 40.6 Å². The second-order valence-corrected chi connectivity index (χ2v) is 11.6. The van der Waals surface area contributed by atoms with Gasteiger partial charge in [-0.05, 0) is 103 Å². The van der Waals surface area contributed by atoms with Gasteiger partial charge in [0.2, 0.25) is 0 Å². The molecule has 0 unspecified atom stereocenters. The summed E-state index contributed by atoms with van der Waals surface area (Å²) >= 11 is 0. The molecule has 0 aliphatic heterocycles. The van der Waals surface area contributed by atoms with Crippen molar-refractivity contribution in [3.63, 3.8) is 0 Å². The van der Waals surface area contributed by atoms with Gasteiger partial charge in [0.1, 0.15) is 37.9 Å². The fourth-order valence-corrected chi connectivity index (χ4v) is 5.24. The van der Waals surface area contributed by atoms with Crippen LogP contribution in [-0.4, -0.2) is 38.4 Å². The molecule has 0 saturated heterocycles. The van der Waals surface area contributed by atoms with Crippen molar-refractivity contribution in [3.8, 4) is 11.5 Å². The Kier molecular flexibility index (Phi) is 12.6. The number of ether oxygens (including phenoxy) is 4. The third-order valence-electron chi connectivity index (χ3n) is 7.90. The van der Waals surface area contributed by atoms with Crippen molar-refractivity contribution < 1.29 is 28.5 Å². The fourth-order valence-electron chi connectivity index (χ4n) is 5.24. The lowest BCUT2D eigenvalue weighted by atomic mass is 9.95. The Balaban J connectivity index is 1.42. The molecule has 0 aliphatic rings. The first-order valence-corrected chi connectivity index (χ1v) is 16.6. The molecule has 5 rings (SSSR count). The van der Waals surface area contributed by atoms with Crippen LogP contribution in [0.3, 0.4) is 0 Å². The lowest BCUT2D eigenvalue weighted by molar-refractivity contribution is -0.139. The van der Waals surface area contributed by atoms with Gasteiger partial charge in [-0.3, -0.25) is 0 Å². The maximum atomic E-state index is 11.3. The minimum Gasteiger partial charge on any atom is -0.490 e. The Morgan fingerprint density at radius 3 is 1.27 bits per heavy atom. The first-order chi connectivity index (χ1) is 24.8. The van der Waals surface area contributed by atoms with Gasteiger partial charge >= 0.3 is 11.9 Å². The van der Waals surface area contributed by atoms with Crippen molar-refractivity contribution in [3.05, 3.63) is 174 Å². The van der Waals surface area contributed by atoms with Gasteiger partial charge in [0.05, 0.1) is 0 Å². The number of benzene rings is 5. The monoisotopic (exact) mass is 679 g/mol. The van der Waals surface area contributed by atoms with E-state index in [9.17, 15) is 9.59 Å². The Labute approximate surface area is 299 Å². The maximum Gasteiger partial charge on any atom is 0.330 e. The average Bonchev–Trinajstić information content (AvgIpc) is 3.16. The summed E-state index contributed by atoms with van der Waals surface area (Å²) in [7, 11) is 0. The summed E-state index contributed by atoms with van der Waals surface area (Å²) in [4.78, 5) is 24.9. The third-order valence-corrected chi connectivity index (χ3v) is 7.90. The molecule has 7 nitrogen and oxygen atoms in total. The summed E-state index contributed by atoms with van der Waals surface area (Å²) in [5.41, 5.74) is 9.60. The zero-order chi connectivity index (χ0) is 36.0. The number of rotatable bonds is 16. The van der Waals surface area contributed by atoms with E-state index in [1.165, 1.54) is 11.1 Å². The van der Waals surface area contributed by atoms with E-state index in [2.05, 4.69) is 111 Å². The van der Waals surface area contributed by atoms with Crippen LogP contribution in [0.25, 0.3) is 11.6 Å². The molecule has 0 fully saturated rings. The minimum absolute atomic E-state index is 0.129. The van der Waals surface area contributed by atoms with Gasteiger partial charge in [-0.15, -0.1) is 0 Å². The summed E-state index contributed by atoms with van der Waals surface area (Å²) in [5, 5.41) is 0. The van der Waals surface area contributed by atoms with Gasteiger partial charge in [-0.1, -0.05) is 84.9 Å². The predicted molar refractivity (Wildman–Crippen MR) is 204 cm³/mol. The third kappa shape index (κ3) is 10.3. The highest BCUT2D eigenvalue weighted by atomic mass is 16.6. The van der Waals surface area contributed by atoms with E-state index in [0.29, 0.717) is 11.5 Å². The van der Waals surface area contributed by atoms with Crippen LogP contribution in [0.15, 0.2) is 147 Å². The summed E-state index contributed by atoms with van der Waals surface area (Å²) in [6.07, 6.45) is 4.40. The van der Waals surface area contributed by atoms with E-state index in [1.807, 2.05) is 48.5 Å². The molecule has 7 heteroatoms. The highest BCUT2D eigenvalue weighted by Gasteiger charge is 2.13. The molecule has 0 N–H and O–H groups in total. The fraction of sp³-hybridized carbons (Fsp3) is 0.136. The Morgan fingerprint density at radius 1 is 0.529 bits per heavy atom. The number of carbonyl (C=O) groups is 2. The summed E-state index contributed by atoms with van der Waals surface area (Å²) in [5.74, 6) is 0.347. The number of esters is 2. The molecule has 5 aromatic rings. The lowest BCUT2D eigenvalue weighted by Crippen LogP contribution is -2.10. The van der Waals surface area contributed by atoms with Gasteiger partial charge in [-0.2, -0.15) is 0 Å². The molecule has 0 aromatic heterocycles. The van der Waals surface area contributed by atoms with Crippen LogP contribution in [0.2, 0.25) is 0 Å². The topological polar surface area (TPSA) is 74.3 Å². The smallest absolute Gasteiger partial charge is 0.330 e. The molecule has 5 aromatic carbocycles. The summed E-state index contributed by atoms with van der Waals surface area (Å²) < 4.78 is 21.6. The molecular formula is C44H41NO6. The van der Waals surface area contributed by atoms with Crippen molar-refractivity contribution in [1.29, 1.82) is 0 Å². The Bertz CT molecular complexity index is 1820. The van der Waals surface area contributed by atoms with Crippen LogP contribution in [-0.2, 0) is 19.1 Å². The van der Waals surface area contributed by atoms with Crippen molar-refractivity contribution in [1.82, 2.24) is 0 Å². The van der Waals surface area contributed by atoms with Gasteiger partial charge < -0.3 is 23.8 Å². The second-order valence-electron chi connectivity index (χ2n) is 11.6. The van der Waals surface area contributed by atoms with E-state index in [0.717, 1.165) is 51.5 Å². The van der Waals surface area contributed by atoms with Crippen molar-refractivity contribution in [2.75, 3.05) is 31.3 Å². The summed E-state index contributed by atoms with van der Waals surface area (Å²) in [6.45, 7) is 11.7. The molecule has 0 bridgehead atoms. The number of anilines is 3. The van der Waals surface area contributed by atoms with Crippen LogP contribution >= 0.6 is 0 Å². The molecule has 0 heterocycles. The quantitative estimate of drug-likeness (QED) is 0.0445. The van der Waals surface area contributed by atoms with Gasteiger partial charge in [0.25, 0.3) is 0 Å². The Morgan fingerprint density at radius 2 is 0.902 bits per heavy atom. The molecule has 0 saturated carbocycles. The van der Waals surface area contributed by atoms with E-state index < -0.39 is 11.9 Å². The number of carbonyl (C=O) groups excluding carboxylic acids is 2. The first kappa shape index (κ1) is 36.0. The van der Waals surface area contributed by atoms with Crippen LogP contribution < -0.4 is 14.4 Å². The van der Waals surface area contributed by atoms with E-state index in [4.69, 9.17) is 18.9 Å². The van der Waals surface area contributed by atoms with Gasteiger partial charge in [0, 0.05) is 29.2 Å². The lowest BCUT2D eigenvalue weighted by Gasteiger charge is -2.26. The van der Waals surface area contributed by atoms with Crippen LogP contribution in [0, 0.1) is 13.8 Å². The standard InChI is InChI=1S/C44H41NO6/c1-5-43(46)50-29-27-48-40-23-13-35(14-24-40)42(36-15-25-41(26-16-36)49-28-30-51-44(47)6-2)31-34-11-21-39(22-12-34)45(37-17-7-32(3)8-18-37)38-19-9-33(4)10-20-38/h5-26,31H,1-2,27-30H2,3-4H3. The molecule has 0 radical (unpaired) electrons. The van der Waals surface area contributed by atoms with Crippen LogP contribution in [0.4, 0.5) is 17.1 Å². The molecule has 0 atom stereocenters. The molecule has 0 amide bonds. The molecule has 0 aliphatic carbocycles. The Hall–Kier alpha value is -6.34. The van der Waals surface area contributed by atoms with E-state index in [1.54, 1.807) is 0 Å². The number of nitrogens with zero attached hydrogens (tertiary/aromatic N) is 1. The van der Waals surface area contributed by atoms with Gasteiger partial charge in [-0.25, -0.2) is 9.59 Å². The minimum atomic E-state index is -0.484. The molecular weight excluding hydrogens is 638 g/mol. The van der Waals surface area contributed by atoms with Crippen LogP contribution in [0.1, 0.15) is 27.8 Å². The normalized spacial score (nSPS) is 10.4.